The smallest absolute Gasteiger partial charge is 0.382 e. The molecule has 0 aliphatic rings. The minimum atomic E-state index is -2.48. The lowest BCUT2D eigenvalue weighted by Gasteiger charge is -2.33. The number of hydrogen-bond donors (Lipinski definition) is 0. The van der Waals surface area contributed by atoms with Gasteiger partial charge < -0.3 is 44.6 Å². The second kappa shape index (κ2) is 31.8. The average Bonchev–Trinajstić information content (AvgIpc) is 3.14. The van der Waals surface area contributed by atoms with Crippen molar-refractivity contribution >= 4 is 69.8 Å². The number of thioether (sulfide) groups is 3. The fourth-order valence-corrected chi connectivity index (χ4v) is 20.8. The zero-order valence-corrected chi connectivity index (χ0v) is 39.3. The molecule has 0 atom stereocenters. The predicted octanol–water partition coefficient (Wildman–Crippen LogP) is 8.04. The summed E-state index contributed by atoms with van der Waals surface area (Å²) in [6, 6.07) is 8.24. The molecule has 0 aromatic rings. The third kappa shape index (κ3) is 21.9. The van der Waals surface area contributed by atoms with Crippen LogP contribution >= 0.6 is 35.3 Å². The van der Waals surface area contributed by atoms with Gasteiger partial charge in [-0.15, -0.1) is 0 Å². The van der Waals surface area contributed by atoms with Crippen molar-refractivity contribution in [1.82, 2.24) is 0 Å². The highest BCUT2D eigenvalue weighted by atomic mass is 32.2. The standard InChI is InChI=1S/C32H74O10S3Si4/c1-11-42-19-12-26-46(27-13-20-43-23-16-30-47(33-2,34-3)35-4,28-14-21-44-24-17-31-48(36-5,37-6)38-7)29-15-22-45-25-18-32-49(39-8,40-9)41-10/h11-32H2,1-10H3. The van der Waals surface area contributed by atoms with Gasteiger partial charge >= 0.3 is 26.4 Å². The molecule has 0 heterocycles. The van der Waals surface area contributed by atoms with Crippen molar-refractivity contribution < 1.29 is 44.6 Å². The molecule has 0 rings (SSSR count). The molecule has 0 unspecified atom stereocenters. The third-order valence-corrected chi connectivity index (χ3v) is 26.9. The van der Waals surface area contributed by atoms with Gasteiger partial charge in [0, 0.05) is 95.3 Å². The number of hydrogen-bond acceptors (Lipinski definition) is 13. The van der Waals surface area contributed by atoms with E-state index in [1.165, 1.54) is 67.1 Å². The van der Waals surface area contributed by atoms with E-state index in [1.54, 1.807) is 64.0 Å². The molecule has 0 aliphatic carbocycles. The van der Waals surface area contributed by atoms with Crippen molar-refractivity contribution in [3.8, 4) is 0 Å². The van der Waals surface area contributed by atoms with E-state index in [0.29, 0.717) is 0 Å². The van der Waals surface area contributed by atoms with E-state index in [0.717, 1.165) is 67.9 Å². The highest BCUT2D eigenvalue weighted by Gasteiger charge is 2.38. The molecule has 0 aromatic heterocycles. The van der Waals surface area contributed by atoms with E-state index in [-0.39, 0.29) is 0 Å². The third-order valence-electron chi connectivity index (χ3n) is 9.30. The molecule has 0 N–H and O–H groups in total. The van der Waals surface area contributed by atoms with Crippen LogP contribution in [0.25, 0.3) is 0 Å². The first kappa shape index (κ1) is 50.5. The maximum atomic E-state index is 5.83. The van der Waals surface area contributed by atoms with Crippen molar-refractivity contribution in [3.63, 3.8) is 0 Å². The quantitative estimate of drug-likeness (QED) is 0.0445. The Labute approximate surface area is 318 Å². The summed E-state index contributed by atoms with van der Waals surface area (Å²) in [4.78, 5) is 0. The Hall–Kier alpha value is 1.52. The average molecular weight is 827 g/mol. The fourth-order valence-electron chi connectivity index (χ4n) is 6.24. The van der Waals surface area contributed by atoms with E-state index in [9.17, 15) is 0 Å². The van der Waals surface area contributed by atoms with Crippen LogP contribution in [0.5, 0.6) is 0 Å². The summed E-state index contributed by atoms with van der Waals surface area (Å²) in [6.45, 7) is 3.80. The zero-order valence-electron chi connectivity index (χ0n) is 32.9. The maximum Gasteiger partial charge on any atom is 0.500 e. The highest BCUT2D eigenvalue weighted by molar-refractivity contribution is 7.99. The summed E-state index contributed by atoms with van der Waals surface area (Å²) in [5.41, 5.74) is 0. The maximum absolute atomic E-state index is 5.83. The van der Waals surface area contributed by atoms with Crippen molar-refractivity contribution in [3.05, 3.63) is 0 Å². The largest absolute Gasteiger partial charge is 0.500 e. The van der Waals surface area contributed by atoms with Gasteiger partial charge in [-0.05, 0) is 86.4 Å². The molecule has 0 saturated heterocycles. The predicted molar refractivity (Wildman–Crippen MR) is 221 cm³/mol. The van der Waals surface area contributed by atoms with Gasteiger partial charge in [-0.2, -0.15) is 35.3 Å². The molecular formula is C32H74O10S3Si4. The van der Waals surface area contributed by atoms with Gasteiger partial charge in [-0.1, -0.05) is 24.2 Å². The first-order valence-electron chi connectivity index (χ1n) is 18.0. The lowest BCUT2D eigenvalue weighted by Crippen LogP contribution is -2.42. The summed E-state index contributed by atoms with van der Waals surface area (Å²) in [5, 5.41) is 0. The Kier molecular flexibility index (Phi) is 32.8. The van der Waals surface area contributed by atoms with Crippen LogP contribution in [0, 0.1) is 0 Å². The van der Waals surface area contributed by atoms with Crippen molar-refractivity contribution in [2.75, 3.05) is 112 Å². The minimum Gasteiger partial charge on any atom is -0.382 e. The van der Waals surface area contributed by atoms with Gasteiger partial charge in [0.25, 0.3) is 0 Å². The molecule has 0 fully saturated rings. The van der Waals surface area contributed by atoms with Crippen LogP contribution in [0.2, 0.25) is 42.3 Å². The topological polar surface area (TPSA) is 92.3 Å². The van der Waals surface area contributed by atoms with E-state index in [1.807, 2.05) is 0 Å². The molecule has 10 nitrogen and oxygen atoms in total. The number of ether oxygens (including phenoxy) is 1. The van der Waals surface area contributed by atoms with Crippen LogP contribution in [-0.4, -0.2) is 146 Å². The molecule has 0 aliphatic heterocycles. The van der Waals surface area contributed by atoms with Gasteiger partial charge in [0.2, 0.25) is 0 Å². The van der Waals surface area contributed by atoms with Crippen molar-refractivity contribution in [2.24, 2.45) is 0 Å². The van der Waals surface area contributed by atoms with Gasteiger partial charge in [0.15, 0.2) is 0 Å². The molecule has 0 radical (unpaired) electrons. The Bertz CT molecular complexity index is 635. The van der Waals surface area contributed by atoms with Crippen LogP contribution in [0.15, 0.2) is 0 Å². The molecule has 49 heavy (non-hydrogen) atoms. The van der Waals surface area contributed by atoms with Gasteiger partial charge in [0.1, 0.15) is 0 Å². The second-order valence-corrected chi connectivity index (χ2v) is 30.1. The monoisotopic (exact) mass is 826 g/mol. The summed E-state index contributed by atoms with van der Waals surface area (Å²) in [5.74, 6) is 7.03. The van der Waals surface area contributed by atoms with Gasteiger partial charge in [0.05, 0.1) is 8.07 Å². The van der Waals surface area contributed by atoms with Crippen molar-refractivity contribution in [1.29, 1.82) is 0 Å². The summed E-state index contributed by atoms with van der Waals surface area (Å²) in [7, 11) is 6.39. The molecule has 0 spiro atoms. The van der Waals surface area contributed by atoms with Crippen LogP contribution in [0.4, 0.5) is 0 Å². The first-order valence-corrected chi connectivity index (χ1v) is 30.1. The lowest BCUT2D eigenvalue weighted by molar-refractivity contribution is 0.123. The van der Waals surface area contributed by atoms with E-state index in [4.69, 9.17) is 44.6 Å². The molecule has 0 aromatic carbocycles. The Balaban J connectivity index is 5.17. The highest BCUT2D eigenvalue weighted by Crippen LogP contribution is 2.34. The molecular weight excluding hydrogens is 753 g/mol. The minimum absolute atomic E-state index is 0.802. The van der Waals surface area contributed by atoms with Crippen molar-refractivity contribution in [2.45, 2.75) is 94.2 Å². The van der Waals surface area contributed by atoms with Crippen LogP contribution in [0.1, 0.15) is 51.9 Å². The van der Waals surface area contributed by atoms with E-state index < -0.39 is 34.5 Å². The molecule has 0 amide bonds. The summed E-state index contributed by atoms with van der Waals surface area (Å²) in [6.07, 6.45) is 8.30. The second-order valence-electron chi connectivity index (χ2n) is 12.1. The summed E-state index contributed by atoms with van der Waals surface area (Å²) >= 11 is 6.23. The molecule has 17 heteroatoms. The van der Waals surface area contributed by atoms with Crippen LogP contribution < -0.4 is 0 Å². The van der Waals surface area contributed by atoms with Crippen LogP contribution in [0.3, 0.4) is 0 Å². The SMILES string of the molecule is CCOCCC[Si](CCCSCCC[Si](OC)(OC)OC)(CCCSCCC[Si](OC)(OC)OC)CCCSCCC[Si](OC)(OC)OC. The van der Waals surface area contributed by atoms with E-state index >= 15 is 0 Å². The molecule has 0 bridgehead atoms. The Morgan fingerprint density at radius 2 is 0.592 bits per heavy atom. The number of rotatable bonds is 38. The summed E-state index contributed by atoms with van der Waals surface area (Å²) < 4.78 is 56.3. The normalized spacial score (nSPS) is 13.1. The molecule has 0 saturated carbocycles. The lowest BCUT2D eigenvalue weighted by atomic mass is 10.5. The Morgan fingerprint density at radius 1 is 0.347 bits per heavy atom. The fraction of sp³-hybridized carbons (Fsp3) is 1.00. The molecule has 296 valence electrons. The van der Waals surface area contributed by atoms with Gasteiger partial charge in [-0.3, -0.25) is 0 Å². The van der Waals surface area contributed by atoms with Crippen LogP contribution in [-0.2, 0) is 44.6 Å². The first-order chi connectivity index (χ1) is 23.7. The Morgan fingerprint density at radius 3 is 0.837 bits per heavy atom. The van der Waals surface area contributed by atoms with E-state index in [2.05, 4.69) is 42.2 Å². The van der Waals surface area contributed by atoms with Gasteiger partial charge in [-0.25, -0.2) is 0 Å². The zero-order chi connectivity index (χ0) is 36.7.